The third-order valence-corrected chi connectivity index (χ3v) is 12.3. The lowest BCUT2D eigenvalue weighted by molar-refractivity contribution is 0.668. The summed E-state index contributed by atoms with van der Waals surface area (Å²) >= 11 is 0. The molecule has 0 saturated heterocycles. The quantitative estimate of drug-likeness (QED) is 0.167. The van der Waals surface area contributed by atoms with Crippen LogP contribution in [0.1, 0.15) is 0 Å². The topological polar surface area (TPSA) is 69.9 Å². The van der Waals surface area contributed by atoms with Crippen molar-refractivity contribution in [2.45, 2.75) is 0 Å². The Morgan fingerprint density at radius 1 is 0.302 bits per heavy atom. The second kappa shape index (κ2) is 14.0. The number of hydrogen-bond acceptors (Lipinski definition) is 5. The molecule has 0 bridgehead atoms. The van der Waals surface area contributed by atoms with Crippen molar-refractivity contribution in [2.24, 2.45) is 0 Å². The maximum Gasteiger partial charge on any atom is 0.164 e. The number of nitrogens with zero attached hydrogens (tertiary/aromatic N) is 4. The minimum absolute atomic E-state index is 0.552. The summed E-state index contributed by atoms with van der Waals surface area (Å²) in [6, 6.07) is 71.5. The van der Waals surface area contributed by atoms with E-state index < -0.39 is 0 Å². The van der Waals surface area contributed by atoms with Crippen molar-refractivity contribution in [3.8, 4) is 62.1 Å². The van der Waals surface area contributed by atoms with Crippen molar-refractivity contribution >= 4 is 65.7 Å². The van der Waals surface area contributed by atoms with Gasteiger partial charge in [-0.2, -0.15) is 0 Å². The summed E-state index contributed by atoms with van der Waals surface area (Å²) in [6.07, 6.45) is 0. The molecule has 0 atom stereocenters. The average Bonchev–Trinajstić information content (AvgIpc) is 4.03. The van der Waals surface area contributed by atoms with E-state index >= 15 is 0 Å². The van der Waals surface area contributed by atoms with E-state index in [0.717, 1.165) is 88.4 Å². The third kappa shape index (κ3) is 5.69. The monoisotopic (exact) mass is 806 g/mol. The van der Waals surface area contributed by atoms with Gasteiger partial charge in [0.1, 0.15) is 22.3 Å². The normalized spacial score (nSPS) is 11.8. The summed E-state index contributed by atoms with van der Waals surface area (Å²) in [5.41, 5.74) is 13.7. The summed E-state index contributed by atoms with van der Waals surface area (Å²) in [4.78, 5) is 15.4. The molecule has 0 fully saturated rings. The van der Waals surface area contributed by atoms with Crippen LogP contribution in [0.5, 0.6) is 0 Å². The molecule has 63 heavy (non-hydrogen) atoms. The number of hydrogen-bond donors (Lipinski definition) is 0. The van der Waals surface area contributed by atoms with Gasteiger partial charge in [0.15, 0.2) is 17.5 Å². The molecular weight excluding hydrogens is 773 g/mol. The zero-order chi connectivity index (χ0) is 41.4. The molecule has 0 aliphatic heterocycles. The lowest BCUT2D eigenvalue weighted by Gasteiger charge is -2.10. The number of furan rings is 2. The fraction of sp³-hybridized carbons (Fsp3) is 0. The maximum absolute atomic E-state index is 6.65. The molecule has 0 aliphatic rings. The molecule has 6 heteroatoms. The van der Waals surface area contributed by atoms with Crippen LogP contribution < -0.4 is 0 Å². The van der Waals surface area contributed by atoms with Crippen molar-refractivity contribution in [3.05, 3.63) is 206 Å². The van der Waals surface area contributed by atoms with Gasteiger partial charge in [0.05, 0.1) is 11.0 Å². The van der Waals surface area contributed by atoms with E-state index in [1.807, 2.05) is 54.6 Å². The average molecular weight is 807 g/mol. The first-order valence-electron chi connectivity index (χ1n) is 21.1. The summed E-state index contributed by atoms with van der Waals surface area (Å²) < 4.78 is 15.6. The molecule has 0 unspecified atom stereocenters. The van der Waals surface area contributed by atoms with Gasteiger partial charge < -0.3 is 13.4 Å². The molecule has 0 N–H and O–H groups in total. The highest BCUT2D eigenvalue weighted by Gasteiger charge is 2.21. The van der Waals surface area contributed by atoms with Crippen LogP contribution in [-0.2, 0) is 0 Å². The first-order chi connectivity index (χ1) is 31.2. The molecular formula is C57H34N4O2. The van der Waals surface area contributed by atoms with Gasteiger partial charge in [-0.05, 0) is 70.8 Å². The Hall–Kier alpha value is -8.61. The summed E-state index contributed by atoms with van der Waals surface area (Å²) in [6.45, 7) is 0. The Morgan fingerprint density at radius 2 is 0.794 bits per heavy atom. The second-order valence-corrected chi connectivity index (χ2v) is 15.9. The summed E-state index contributed by atoms with van der Waals surface area (Å²) in [5.74, 6) is 1.70. The van der Waals surface area contributed by atoms with Gasteiger partial charge >= 0.3 is 0 Å². The number of rotatable bonds is 6. The van der Waals surface area contributed by atoms with Gasteiger partial charge in [0, 0.05) is 60.8 Å². The first kappa shape index (κ1) is 35.2. The lowest BCUT2D eigenvalue weighted by Crippen LogP contribution is -2.00. The molecule has 13 aromatic rings. The van der Waals surface area contributed by atoms with Crippen LogP contribution in [0.2, 0.25) is 0 Å². The van der Waals surface area contributed by atoms with Crippen LogP contribution in [0.4, 0.5) is 0 Å². The number of para-hydroxylation sites is 2. The van der Waals surface area contributed by atoms with Gasteiger partial charge in [0.25, 0.3) is 0 Å². The Balaban J connectivity index is 0.940. The van der Waals surface area contributed by atoms with Crippen LogP contribution in [0, 0.1) is 0 Å². The minimum Gasteiger partial charge on any atom is -0.456 e. The Kier molecular flexibility index (Phi) is 7.80. The number of fused-ring (bicyclic) bond motifs is 9. The van der Waals surface area contributed by atoms with E-state index in [4.69, 9.17) is 23.8 Å². The van der Waals surface area contributed by atoms with Crippen LogP contribution >= 0.6 is 0 Å². The molecule has 13 rings (SSSR count). The van der Waals surface area contributed by atoms with Crippen molar-refractivity contribution in [1.29, 1.82) is 0 Å². The van der Waals surface area contributed by atoms with E-state index in [0.29, 0.717) is 17.5 Å². The fourth-order valence-electron chi connectivity index (χ4n) is 9.36. The predicted molar refractivity (Wildman–Crippen MR) is 256 cm³/mol. The Bertz CT molecular complexity index is 3850. The molecule has 0 spiro atoms. The smallest absolute Gasteiger partial charge is 0.164 e. The van der Waals surface area contributed by atoms with Crippen molar-refractivity contribution in [2.75, 3.05) is 0 Å². The number of benzene rings is 9. The summed E-state index contributed by atoms with van der Waals surface area (Å²) in [5, 5.41) is 6.48. The van der Waals surface area contributed by atoms with E-state index in [1.54, 1.807) is 0 Å². The molecule has 0 radical (unpaired) electrons. The Morgan fingerprint density at radius 3 is 1.48 bits per heavy atom. The first-order valence-corrected chi connectivity index (χ1v) is 21.1. The van der Waals surface area contributed by atoms with Crippen LogP contribution in [0.3, 0.4) is 0 Å². The largest absolute Gasteiger partial charge is 0.456 e. The van der Waals surface area contributed by atoms with Gasteiger partial charge in [-0.15, -0.1) is 0 Å². The van der Waals surface area contributed by atoms with Gasteiger partial charge in [0.2, 0.25) is 0 Å². The minimum atomic E-state index is 0.552. The van der Waals surface area contributed by atoms with Crippen molar-refractivity contribution < 1.29 is 8.83 Å². The highest BCUT2D eigenvalue weighted by Crippen LogP contribution is 2.41. The maximum atomic E-state index is 6.65. The van der Waals surface area contributed by atoms with E-state index in [9.17, 15) is 0 Å². The van der Waals surface area contributed by atoms with Crippen LogP contribution in [-0.4, -0.2) is 19.5 Å². The fourth-order valence-corrected chi connectivity index (χ4v) is 9.36. The molecule has 0 saturated carbocycles. The zero-order valence-electron chi connectivity index (χ0n) is 33.7. The highest BCUT2D eigenvalue weighted by atomic mass is 16.3. The summed E-state index contributed by atoms with van der Waals surface area (Å²) in [7, 11) is 0. The Labute approximate surface area is 361 Å². The van der Waals surface area contributed by atoms with E-state index in [-0.39, 0.29) is 0 Å². The van der Waals surface area contributed by atoms with Gasteiger partial charge in [-0.25, -0.2) is 15.0 Å². The van der Waals surface area contributed by atoms with Crippen molar-refractivity contribution in [3.63, 3.8) is 0 Å². The highest BCUT2D eigenvalue weighted by molar-refractivity contribution is 6.14. The molecule has 4 heterocycles. The molecule has 4 aromatic heterocycles. The molecule has 0 aliphatic carbocycles. The standard InChI is InChI=1S/C57H34N4O2/c1-3-13-35(14-4-1)36-25-27-37(28-26-36)41-19-11-23-49-53(41)44-31-29-39(33-51(44)62-49)56-58-55(38-15-5-2-6-16-38)59-57(60-56)46-20-12-24-50-54(46)45-32-30-40(34-52(45)63-50)61-47-21-9-7-17-42(47)43-18-8-10-22-48(43)61/h1-34H. The number of aromatic nitrogens is 4. The van der Waals surface area contributed by atoms with Crippen molar-refractivity contribution in [1.82, 2.24) is 19.5 Å². The molecule has 0 amide bonds. The SMILES string of the molecule is c1ccc(-c2ccc(-c3cccc4oc5cc(-c6nc(-c7ccccc7)nc(-c7cccc8oc9cc(-n%10c%11ccccc%11c%11ccccc%11%10)ccc9c78)n6)ccc5c34)cc2)cc1. The predicted octanol–water partition coefficient (Wildman–Crippen LogP) is 15.1. The van der Waals surface area contributed by atoms with Gasteiger partial charge in [-0.3, -0.25) is 0 Å². The second-order valence-electron chi connectivity index (χ2n) is 15.9. The third-order valence-electron chi connectivity index (χ3n) is 12.3. The van der Waals surface area contributed by atoms with Crippen LogP contribution in [0.25, 0.3) is 128 Å². The zero-order valence-corrected chi connectivity index (χ0v) is 33.7. The molecule has 9 aromatic carbocycles. The van der Waals surface area contributed by atoms with Crippen LogP contribution in [0.15, 0.2) is 215 Å². The van der Waals surface area contributed by atoms with Gasteiger partial charge in [-0.1, -0.05) is 152 Å². The lowest BCUT2D eigenvalue weighted by atomic mass is 9.96. The molecule has 294 valence electrons. The molecule has 6 nitrogen and oxygen atoms in total. The van der Waals surface area contributed by atoms with E-state index in [1.165, 1.54) is 21.9 Å². The van der Waals surface area contributed by atoms with E-state index in [2.05, 4.69) is 156 Å².